The van der Waals surface area contributed by atoms with Crippen molar-refractivity contribution in [3.8, 4) is 0 Å². The summed E-state index contributed by atoms with van der Waals surface area (Å²) in [7, 11) is 0. The highest BCUT2D eigenvalue weighted by Gasteiger charge is 2.41. The quantitative estimate of drug-likeness (QED) is 0.479. The molecule has 1 aromatic heterocycles. The van der Waals surface area contributed by atoms with E-state index in [2.05, 4.69) is 28.4 Å². The summed E-state index contributed by atoms with van der Waals surface area (Å²) in [5.74, 6) is 1.17. The van der Waals surface area contributed by atoms with Crippen molar-refractivity contribution >= 4 is 34.8 Å². The first kappa shape index (κ1) is 21.7. The van der Waals surface area contributed by atoms with E-state index in [9.17, 15) is 8.78 Å². The van der Waals surface area contributed by atoms with Crippen LogP contribution in [0, 0.1) is 11.7 Å². The summed E-state index contributed by atoms with van der Waals surface area (Å²) in [6.07, 6.45) is 5.50. The van der Waals surface area contributed by atoms with E-state index >= 15 is 0 Å². The van der Waals surface area contributed by atoms with E-state index in [1.807, 2.05) is 6.07 Å². The molecule has 2 unspecified atom stereocenters. The van der Waals surface area contributed by atoms with Gasteiger partial charge in [0.2, 0.25) is 0 Å². The van der Waals surface area contributed by atoms with E-state index < -0.39 is 12.3 Å². The molecule has 0 radical (unpaired) electrons. The van der Waals surface area contributed by atoms with Gasteiger partial charge >= 0.3 is 0 Å². The van der Waals surface area contributed by atoms with Gasteiger partial charge in [0.05, 0.1) is 10.9 Å². The maximum atomic E-state index is 14.0. The smallest absolute Gasteiger partial charge is 0.188 e. The molecule has 4 atom stereocenters. The lowest BCUT2D eigenvalue weighted by Crippen LogP contribution is -2.38. The topological polar surface area (TPSA) is 33.4 Å². The number of rotatable bonds is 5. The van der Waals surface area contributed by atoms with Crippen LogP contribution in [0.4, 0.5) is 8.78 Å². The van der Waals surface area contributed by atoms with Crippen LogP contribution in [-0.2, 0) is 0 Å². The van der Waals surface area contributed by atoms with Crippen molar-refractivity contribution in [3.63, 3.8) is 0 Å². The summed E-state index contributed by atoms with van der Waals surface area (Å²) >= 11 is 8.31. The van der Waals surface area contributed by atoms with Gasteiger partial charge < -0.3 is 4.90 Å². The molecule has 4 nitrogen and oxygen atoms in total. The first-order valence-electron chi connectivity index (χ1n) is 11.0. The molecular formula is C24H25ClF2N4S. The van der Waals surface area contributed by atoms with Crippen molar-refractivity contribution in [2.75, 3.05) is 6.54 Å². The van der Waals surface area contributed by atoms with Gasteiger partial charge in [-0.05, 0) is 49.3 Å². The van der Waals surface area contributed by atoms with E-state index in [-0.39, 0.29) is 11.1 Å². The van der Waals surface area contributed by atoms with Crippen LogP contribution in [0.2, 0.25) is 5.02 Å². The Morgan fingerprint density at radius 1 is 1.31 bits per heavy atom. The number of hydrogen-bond acceptors (Lipinski definition) is 4. The zero-order chi connectivity index (χ0) is 22.4. The Morgan fingerprint density at radius 3 is 2.81 bits per heavy atom. The van der Waals surface area contributed by atoms with E-state index in [0.29, 0.717) is 16.6 Å². The van der Waals surface area contributed by atoms with E-state index in [4.69, 9.17) is 16.6 Å². The van der Waals surface area contributed by atoms with Crippen molar-refractivity contribution in [1.82, 2.24) is 14.7 Å². The van der Waals surface area contributed by atoms with E-state index in [1.54, 1.807) is 24.0 Å². The molecule has 0 amide bonds. The van der Waals surface area contributed by atoms with Gasteiger partial charge in [0.15, 0.2) is 6.30 Å². The summed E-state index contributed by atoms with van der Waals surface area (Å²) in [5.41, 5.74) is 3.55. The van der Waals surface area contributed by atoms with Crippen LogP contribution in [0.3, 0.4) is 0 Å². The minimum absolute atomic E-state index is 0.243. The van der Waals surface area contributed by atoms with Gasteiger partial charge in [0.1, 0.15) is 17.7 Å². The maximum absolute atomic E-state index is 14.0. The molecule has 1 saturated heterocycles. The first-order chi connectivity index (χ1) is 15.5. The number of hydrogen-bond donors (Lipinski definition) is 0. The van der Waals surface area contributed by atoms with Crippen molar-refractivity contribution in [3.05, 3.63) is 69.7 Å². The van der Waals surface area contributed by atoms with Crippen molar-refractivity contribution < 1.29 is 8.78 Å². The largest absolute Gasteiger partial charge is 0.332 e. The fraction of sp³-hybridized carbons (Fsp3) is 0.417. The molecule has 3 aliphatic heterocycles. The predicted octanol–water partition coefficient (Wildman–Crippen LogP) is 6.78. The first-order valence-corrected chi connectivity index (χ1v) is 12.3. The van der Waals surface area contributed by atoms with Crippen LogP contribution in [0.15, 0.2) is 52.6 Å². The van der Waals surface area contributed by atoms with Gasteiger partial charge in [-0.15, -0.1) is 11.8 Å². The second-order valence-electron chi connectivity index (χ2n) is 8.49. The van der Waals surface area contributed by atoms with Crippen LogP contribution >= 0.6 is 23.4 Å². The van der Waals surface area contributed by atoms with Crippen LogP contribution in [0.5, 0.6) is 0 Å². The third-order valence-corrected chi connectivity index (χ3v) is 7.84. The fourth-order valence-corrected chi connectivity index (χ4v) is 5.94. The number of fused-ring (bicyclic) bond motifs is 1. The Hall–Kier alpha value is -2.12. The summed E-state index contributed by atoms with van der Waals surface area (Å²) < 4.78 is 29.1. The molecule has 0 N–H and O–H groups in total. The molecule has 3 aliphatic rings. The van der Waals surface area contributed by atoms with Gasteiger partial charge in [-0.25, -0.2) is 13.5 Å². The Labute approximate surface area is 196 Å². The summed E-state index contributed by atoms with van der Waals surface area (Å²) in [5, 5.41) is 7.25. The van der Waals surface area contributed by atoms with Gasteiger partial charge in [0, 0.05) is 34.6 Å². The zero-order valence-corrected chi connectivity index (χ0v) is 19.6. The summed E-state index contributed by atoms with van der Waals surface area (Å²) in [6.45, 7) is 4.58. The minimum atomic E-state index is -1.23. The minimum Gasteiger partial charge on any atom is -0.332 e. The number of nitrogens with zero attached hydrogens (tertiary/aromatic N) is 4. The van der Waals surface area contributed by atoms with E-state index in [1.165, 1.54) is 29.4 Å². The predicted molar refractivity (Wildman–Crippen MR) is 127 cm³/mol. The Balaban J connectivity index is 1.69. The molecule has 2 aromatic rings. The highest BCUT2D eigenvalue weighted by molar-refractivity contribution is 8.03. The van der Waals surface area contributed by atoms with Crippen molar-refractivity contribution in [2.24, 2.45) is 10.9 Å². The van der Waals surface area contributed by atoms with Crippen LogP contribution in [0.1, 0.15) is 56.7 Å². The van der Waals surface area contributed by atoms with Crippen molar-refractivity contribution in [2.45, 2.75) is 50.7 Å². The number of aromatic nitrogens is 2. The van der Waals surface area contributed by atoms with Gasteiger partial charge in [-0.2, -0.15) is 5.10 Å². The zero-order valence-electron chi connectivity index (χ0n) is 18.0. The molecule has 1 fully saturated rings. The Morgan fingerprint density at radius 2 is 2.16 bits per heavy atom. The number of allylic oxidation sites excluding steroid dienone is 2. The molecule has 5 rings (SSSR count). The second-order valence-corrected chi connectivity index (χ2v) is 10.0. The third-order valence-electron chi connectivity index (χ3n) is 6.43. The van der Waals surface area contributed by atoms with Gasteiger partial charge in [-0.1, -0.05) is 37.1 Å². The molecule has 0 spiro atoms. The van der Waals surface area contributed by atoms with E-state index in [0.717, 1.165) is 42.8 Å². The number of alkyl halides is 1. The molecule has 32 heavy (non-hydrogen) atoms. The molecule has 0 aliphatic carbocycles. The monoisotopic (exact) mass is 474 g/mol. The number of halogens is 3. The van der Waals surface area contributed by atoms with Crippen LogP contribution in [-0.4, -0.2) is 32.3 Å². The lowest BCUT2D eigenvalue weighted by molar-refractivity contribution is 0.245. The summed E-state index contributed by atoms with van der Waals surface area (Å²) in [6, 6.07) is 5.88. The molecule has 1 aromatic carbocycles. The third kappa shape index (κ3) is 3.79. The molecular weight excluding hydrogens is 450 g/mol. The summed E-state index contributed by atoms with van der Waals surface area (Å²) in [4.78, 5) is 7.57. The lowest BCUT2D eigenvalue weighted by Gasteiger charge is -2.35. The lowest BCUT2D eigenvalue weighted by atomic mass is 9.91. The highest BCUT2D eigenvalue weighted by Crippen LogP contribution is 2.48. The standard InChI is InChI=1S/C24H25ClF2N4S/c1-3-15-11-20-22(19-8-9-31(29-19)14(2)26)23(17-7-6-16(27)12-18(17)25)28-24(30(20)13-15)21-5-4-10-32-21/h4,6-10,12,14-15,21,23H,3,5,11,13H2,1-2H3/t14?,15-,21?,23-/m0/s1. The molecule has 0 saturated carbocycles. The van der Waals surface area contributed by atoms with Crippen molar-refractivity contribution in [1.29, 1.82) is 0 Å². The Bertz CT molecular complexity index is 1110. The van der Waals surface area contributed by atoms with Gasteiger partial charge in [0.25, 0.3) is 0 Å². The number of amidine groups is 1. The SMILES string of the molecule is CC[C@H]1CC2=C(c3ccn(C(C)F)n3)[C@H](c3ccc(F)cc3Cl)N=C(C3CC=CS3)N2C1. The average molecular weight is 475 g/mol. The number of thioether (sulfide) groups is 1. The molecule has 4 heterocycles. The maximum Gasteiger partial charge on any atom is 0.188 e. The molecule has 8 heteroatoms. The molecule has 168 valence electrons. The van der Waals surface area contributed by atoms with Crippen LogP contribution in [0.25, 0.3) is 5.57 Å². The van der Waals surface area contributed by atoms with Crippen LogP contribution < -0.4 is 0 Å². The second kappa shape index (κ2) is 8.67. The fourth-order valence-electron chi connectivity index (χ4n) is 4.73. The number of benzene rings is 1. The average Bonchev–Trinajstić information content (AvgIpc) is 3.52. The number of aliphatic imine (C=N–C) groups is 1. The van der Waals surface area contributed by atoms with Gasteiger partial charge in [-0.3, -0.25) is 4.99 Å². The Kier molecular flexibility index (Phi) is 5.88. The highest BCUT2D eigenvalue weighted by atomic mass is 35.5. The normalized spacial score (nSPS) is 26.0. The molecule has 0 bridgehead atoms.